The van der Waals surface area contributed by atoms with Crippen LogP contribution in [-0.2, 0) is 17.8 Å². The van der Waals surface area contributed by atoms with Crippen LogP contribution in [0.25, 0.3) is 10.8 Å². The SMILES string of the molecule is CC(=O)Cn1nc(Cc2ccccc2)c2ccccc2c1=O. The number of aromatic nitrogens is 2. The average Bonchev–Trinajstić information content (AvgIpc) is 2.52. The Bertz CT molecular complexity index is 882. The van der Waals surface area contributed by atoms with E-state index in [2.05, 4.69) is 5.10 Å². The fourth-order valence-electron chi connectivity index (χ4n) is 2.54. The number of benzene rings is 2. The lowest BCUT2D eigenvalue weighted by molar-refractivity contribution is -0.117. The molecule has 0 aliphatic rings. The van der Waals surface area contributed by atoms with Crippen LogP contribution in [0.4, 0.5) is 0 Å². The van der Waals surface area contributed by atoms with E-state index in [4.69, 9.17) is 0 Å². The second-order valence-corrected chi connectivity index (χ2v) is 5.32. The van der Waals surface area contributed by atoms with Gasteiger partial charge in [-0.3, -0.25) is 9.59 Å². The molecule has 0 aliphatic heterocycles. The van der Waals surface area contributed by atoms with E-state index >= 15 is 0 Å². The van der Waals surface area contributed by atoms with Gasteiger partial charge in [-0.05, 0) is 18.6 Å². The minimum absolute atomic E-state index is 0.00541. The minimum Gasteiger partial charge on any atom is -0.298 e. The van der Waals surface area contributed by atoms with Gasteiger partial charge in [0.2, 0.25) is 0 Å². The van der Waals surface area contributed by atoms with Gasteiger partial charge in [-0.2, -0.15) is 5.10 Å². The van der Waals surface area contributed by atoms with Crippen LogP contribution in [-0.4, -0.2) is 15.6 Å². The summed E-state index contributed by atoms with van der Waals surface area (Å²) in [5.41, 5.74) is 1.71. The zero-order valence-corrected chi connectivity index (χ0v) is 12.3. The van der Waals surface area contributed by atoms with Crippen LogP contribution in [0.1, 0.15) is 18.2 Å². The second-order valence-electron chi connectivity index (χ2n) is 5.32. The molecule has 1 heterocycles. The molecule has 0 saturated carbocycles. The van der Waals surface area contributed by atoms with E-state index in [9.17, 15) is 9.59 Å². The summed E-state index contributed by atoms with van der Waals surface area (Å²) in [4.78, 5) is 23.8. The van der Waals surface area contributed by atoms with Crippen molar-refractivity contribution in [3.05, 3.63) is 76.2 Å². The number of carbonyl (C=O) groups is 1. The fraction of sp³-hybridized carbons (Fsp3) is 0.167. The van der Waals surface area contributed by atoms with Gasteiger partial charge in [0.1, 0.15) is 6.54 Å². The Morgan fingerprint density at radius 3 is 2.32 bits per heavy atom. The number of Topliss-reactive ketones (excluding diaryl/α,β-unsaturated/α-hetero) is 1. The van der Waals surface area contributed by atoms with Crippen molar-refractivity contribution in [1.29, 1.82) is 0 Å². The molecule has 3 rings (SSSR count). The molecule has 0 spiro atoms. The molecular formula is C18H16N2O2. The standard InChI is InChI=1S/C18H16N2O2/c1-13(21)12-20-18(22)16-10-6-5-9-15(16)17(19-20)11-14-7-3-2-4-8-14/h2-10H,11-12H2,1H3. The predicted octanol–water partition coefficient (Wildman–Crippen LogP) is 2.58. The van der Waals surface area contributed by atoms with Gasteiger partial charge in [0.05, 0.1) is 11.1 Å². The zero-order chi connectivity index (χ0) is 15.5. The van der Waals surface area contributed by atoms with Gasteiger partial charge in [0.25, 0.3) is 5.56 Å². The Kier molecular flexibility index (Phi) is 3.83. The van der Waals surface area contributed by atoms with Gasteiger partial charge in [-0.25, -0.2) is 4.68 Å². The van der Waals surface area contributed by atoms with Gasteiger partial charge < -0.3 is 0 Å². The Labute approximate surface area is 128 Å². The van der Waals surface area contributed by atoms with Crippen LogP contribution in [0, 0.1) is 0 Å². The first-order valence-corrected chi connectivity index (χ1v) is 7.17. The summed E-state index contributed by atoms with van der Waals surface area (Å²) in [7, 11) is 0. The summed E-state index contributed by atoms with van der Waals surface area (Å²) in [5.74, 6) is -0.0875. The summed E-state index contributed by atoms with van der Waals surface area (Å²) in [6.07, 6.45) is 0.625. The summed E-state index contributed by atoms with van der Waals surface area (Å²) in [5, 5.41) is 5.86. The summed E-state index contributed by atoms with van der Waals surface area (Å²) in [6.45, 7) is 1.46. The van der Waals surface area contributed by atoms with Crippen LogP contribution >= 0.6 is 0 Å². The normalized spacial score (nSPS) is 10.8. The predicted molar refractivity (Wildman–Crippen MR) is 85.9 cm³/mol. The topological polar surface area (TPSA) is 52.0 Å². The third kappa shape index (κ3) is 2.81. The van der Waals surface area contributed by atoms with Crippen LogP contribution in [0.15, 0.2) is 59.4 Å². The van der Waals surface area contributed by atoms with Crippen LogP contribution in [0.3, 0.4) is 0 Å². The number of carbonyl (C=O) groups excluding carboxylic acids is 1. The van der Waals surface area contributed by atoms with Crippen molar-refractivity contribution in [3.8, 4) is 0 Å². The lowest BCUT2D eigenvalue weighted by Gasteiger charge is -2.10. The van der Waals surface area contributed by atoms with Crippen molar-refractivity contribution in [3.63, 3.8) is 0 Å². The minimum atomic E-state index is -0.220. The molecule has 0 atom stereocenters. The molecule has 0 fully saturated rings. The molecule has 0 bridgehead atoms. The van der Waals surface area contributed by atoms with E-state index < -0.39 is 0 Å². The number of rotatable bonds is 4. The monoisotopic (exact) mass is 292 g/mol. The van der Waals surface area contributed by atoms with Gasteiger partial charge >= 0.3 is 0 Å². The highest BCUT2D eigenvalue weighted by Gasteiger charge is 2.11. The third-order valence-corrected chi connectivity index (χ3v) is 3.53. The lowest BCUT2D eigenvalue weighted by Crippen LogP contribution is -2.27. The molecule has 22 heavy (non-hydrogen) atoms. The fourth-order valence-corrected chi connectivity index (χ4v) is 2.54. The molecule has 0 amide bonds. The number of ketones is 1. The quantitative estimate of drug-likeness (QED) is 0.742. The molecule has 1 aromatic heterocycles. The van der Waals surface area contributed by atoms with Crippen molar-refractivity contribution in [2.75, 3.05) is 0 Å². The maximum absolute atomic E-state index is 12.4. The second kappa shape index (κ2) is 5.93. The van der Waals surface area contributed by atoms with E-state index in [1.165, 1.54) is 11.6 Å². The molecule has 0 N–H and O–H groups in total. The first-order valence-electron chi connectivity index (χ1n) is 7.17. The molecule has 0 unspecified atom stereocenters. The number of hydrogen-bond acceptors (Lipinski definition) is 3. The van der Waals surface area contributed by atoms with Crippen molar-refractivity contribution in [2.45, 2.75) is 19.9 Å². The molecule has 3 aromatic rings. The van der Waals surface area contributed by atoms with Crippen molar-refractivity contribution < 1.29 is 4.79 Å². The van der Waals surface area contributed by atoms with Crippen LogP contribution < -0.4 is 5.56 Å². The molecule has 0 radical (unpaired) electrons. The molecule has 2 aromatic carbocycles. The van der Waals surface area contributed by atoms with E-state index in [1.54, 1.807) is 6.07 Å². The van der Waals surface area contributed by atoms with Crippen molar-refractivity contribution in [1.82, 2.24) is 9.78 Å². The number of hydrogen-bond donors (Lipinski definition) is 0. The average molecular weight is 292 g/mol. The third-order valence-electron chi connectivity index (χ3n) is 3.53. The summed E-state index contributed by atoms with van der Waals surface area (Å²) in [6, 6.07) is 17.4. The van der Waals surface area contributed by atoms with E-state index in [-0.39, 0.29) is 17.9 Å². The molecule has 4 nitrogen and oxygen atoms in total. The van der Waals surface area contributed by atoms with Gasteiger partial charge in [0.15, 0.2) is 5.78 Å². The van der Waals surface area contributed by atoms with Gasteiger partial charge in [-0.15, -0.1) is 0 Å². The first kappa shape index (κ1) is 14.2. The number of fused-ring (bicyclic) bond motifs is 1. The summed E-state index contributed by atoms with van der Waals surface area (Å²) >= 11 is 0. The Morgan fingerprint density at radius 1 is 1.00 bits per heavy atom. The number of nitrogens with zero attached hydrogens (tertiary/aromatic N) is 2. The molecule has 0 saturated heterocycles. The van der Waals surface area contributed by atoms with Gasteiger partial charge in [0, 0.05) is 11.8 Å². The van der Waals surface area contributed by atoms with Crippen molar-refractivity contribution >= 4 is 16.6 Å². The van der Waals surface area contributed by atoms with Crippen LogP contribution in [0.5, 0.6) is 0 Å². The largest absolute Gasteiger partial charge is 0.298 e. The Morgan fingerprint density at radius 2 is 1.64 bits per heavy atom. The maximum Gasteiger partial charge on any atom is 0.275 e. The van der Waals surface area contributed by atoms with E-state index in [1.807, 2.05) is 48.5 Å². The first-order chi connectivity index (χ1) is 10.6. The maximum atomic E-state index is 12.4. The molecule has 4 heteroatoms. The smallest absolute Gasteiger partial charge is 0.275 e. The Balaban J connectivity index is 2.17. The molecule has 0 aliphatic carbocycles. The highest BCUT2D eigenvalue weighted by atomic mass is 16.1. The lowest BCUT2D eigenvalue weighted by atomic mass is 10.0. The highest BCUT2D eigenvalue weighted by Crippen LogP contribution is 2.16. The van der Waals surface area contributed by atoms with Crippen molar-refractivity contribution in [2.24, 2.45) is 0 Å². The Hall–Kier alpha value is -2.75. The summed E-state index contributed by atoms with van der Waals surface area (Å²) < 4.78 is 1.27. The van der Waals surface area contributed by atoms with E-state index in [0.717, 1.165) is 16.6 Å². The highest BCUT2D eigenvalue weighted by molar-refractivity contribution is 5.84. The molecular weight excluding hydrogens is 276 g/mol. The van der Waals surface area contributed by atoms with Gasteiger partial charge in [-0.1, -0.05) is 48.5 Å². The molecule has 110 valence electrons. The van der Waals surface area contributed by atoms with Crippen LogP contribution in [0.2, 0.25) is 0 Å². The van der Waals surface area contributed by atoms with E-state index in [0.29, 0.717) is 11.8 Å². The zero-order valence-electron chi connectivity index (χ0n) is 12.3.